The molecule has 0 radical (unpaired) electrons. The molecule has 1 atom stereocenters. The summed E-state index contributed by atoms with van der Waals surface area (Å²) in [5, 5.41) is 6.31. The van der Waals surface area contributed by atoms with Gasteiger partial charge in [0.25, 0.3) is 5.91 Å². The largest absolute Gasteiger partial charge is 0.482 e. The lowest BCUT2D eigenvalue weighted by Gasteiger charge is -2.29. The Balaban J connectivity index is 1.53. The van der Waals surface area contributed by atoms with E-state index in [1.165, 1.54) is 17.7 Å². The van der Waals surface area contributed by atoms with Crippen molar-refractivity contribution in [3.8, 4) is 5.75 Å². The van der Waals surface area contributed by atoms with Crippen molar-refractivity contribution in [1.29, 1.82) is 0 Å². The second kappa shape index (κ2) is 7.98. The van der Waals surface area contributed by atoms with Crippen LogP contribution in [-0.2, 0) is 9.59 Å². The molecule has 1 saturated heterocycles. The van der Waals surface area contributed by atoms with Gasteiger partial charge in [-0.3, -0.25) is 14.5 Å². The van der Waals surface area contributed by atoms with Crippen LogP contribution in [0.3, 0.4) is 0 Å². The number of carbonyl (C=O) groups excluding carboxylic acids is 2. The molecule has 1 aromatic carbocycles. The molecule has 6 nitrogen and oxygen atoms in total. The van der Waals surface area contributed by atoms with Gasteiger partial charge in [0, 0.05) is 11.0 Å². The van der Waals surface area contributed by atoms with E-state index in [0.29, 0.717) is 23.9 Å². The van der Waals surface area contributed by atoms with Crippen LogP contribution in [0.1, 0.15) is 19.3 Å². The van der Waals surface area contributed by atoms with Gasteiger partial charge in [0.05, 0.1) is 5.69 Å². The van der Waals surface area contributed by atoms with E-state index < -0.39 is 0 Å². The lowest BCUT2D eigenvalue weighted by molar-refractivity contribution is -0.125. The molecule has 2 heterocycles. The van der Waals surface area contributed by atoms with Gasteiger partial charge in [-0.25, -0.2) is 0 Å². The first kappa shape index (κ1) is 17.2. The van der Waals surface area contributed by atoms with Crippen molar-refractivity contribution in [3.63, 3.8) is 0 Å². The maximum absolute atomic E-state index is 12.2. The third-order valence-corrected chi connectivity index (χ3v) is 4.93. The number of hydrogen-bond acceptors (Lipinski definition) is 4. The third kappa shape index (κ3) is 4.27. The molecule has 2 amide bonds. The molecule has 24 heavy (non-hydrogen) atoms. The first-order valence-electron chi connectivity index (χ1n) is 8.33. The van der Waals surface area contributed by atoms with E-state index in [4.69, 9.17) is 4.74 Å². The number of ether oxygens (including phenoxy) is 1. The minimum atomic E-state index is -0.198. The lowest BCUT2D eigenvalue weighted by Crippen LogP contribution is -2.45. The van der Waals surface area contributed by atoms with E-state index in [9.17, 15) is 9.59 Å². The number of anilines is 1. The van der Waals surface area contributed by atoms with E-state index in [0.717, 1.165) is 24.0 Å². The summed E-state index contributed by atoms with van der Waals surface area (Å²) in [5.74, 6) is 0.909. The Morgan fingerprint density at radius 2 is 2.33 bits per heavy atom. The molecule has 1 fully saturated rings. The van der Waals surface area contributed by atoms with Crippen molar-refractivity contribution >= 4 is 33.4 Å². The van der Waals surface area contributed by atoms with Crippen LogP contribution in [0.5, 0.6) is 5.75 Å². The van der Waals surface area contributed by atoms with Gasteiger partial charge in [-0.15, -0.1) is 0 Å². The van der Waals surface area contributed by atoms with E-state index in [2.05, 4.69) is 26.6 Å². The summed E-state index contributed by atoms with van der Waals surface area (Å²) in [4.78, 5) is 25.8. The van der Waals surface area contributed by atoms with Gasteiger partial charge >= 0.3 is 0 Å². The SMILES string of the molecule is O=C(CN1C(=O)COc2cc(Br)ccc21)NCCC1CCCNC1. The minimum absolute atomic E-state index is 0.0275. The number of piperidine rings is 1. The van der Waals surface area contributed by atoms with Gasteiger partial charge in [0.2, 0.25) is 5.91 Å². The second-order valence-electron chi connectivity index (χ2n) is 6.23. The zero-order chi connectivity index (χ0) is 16.9. The van der Waals surface area contributed by atoms with Gasteiger partial charge in [0.1, 0.15) is 12.3 Å². The Kier molecular flexibility index (Phi) is 5.73. The van der Waals surface area contributed by atoms with E-state index in [-0.39, 0.29) is 25.0 Å². The second-order valence-corrected chi connectivity index (χ2v) is 7.15. The highest BCUT2D eigenvalue weighted by Gasteiger charge is 2.27. The number of halogens is 1. The predicted octanol–water partition coefficient (Wildman–Crippen LogP) is 1.68. The fourth-order valence-electron chi connectivity index (χ4n) is 3.14. The Hall–Kier alpha value is -1.60. The number of nitrogens with zero attached hydrogens (tertiary/aromatic N) is 1. The quantitative estimate of drug-likeness (QED) is 0.795. The van der Waals surface area contributed by atoms with Gasteiger partial charge < -0.3 is 15.4 Å². The zero-order valence-electron chi connectivity index (χ0n) is 13.5. The zero-order valence-corrected chi connectivity index (χ0v) is 15.1. The fourth-order valence-corrected chi connectivity index (χ4v) is 3.48. The number of hydrogen-bond donors (Lipinski definition) is 2. The first-order valence-corrected chi connectivity index (χ1v) is 9.13. The maximum Gasteiger partial charge on any atom is 0.265 e. The van der Waals surface area contributed by atoms with Crippen molar-refractivity contribution in [1.82, 2.24) is 10.6 Å². The van der Waals surface area contributed by atoms with Crippen LogP contribution in [0.15, 0.2) is 22.7 Å². The summed E-state index contributed by atoms with van der Waals surface area (Å²) in [6.45, 7) is 2.76. The summed E-state index contributed by atoms with van der Waals surface area (Å²) in [6, 6.07) is 5.43. The number of rotatable bonds is 5. The topological polar surface area (TPSA) is 70.7 Å². The Bertz CT molecular complexity index is 617. The third-order valence-electron chi connectivity index (χ3n) is 4.44. The van der Waals surface area contributed by atoms with Gasteiger partial charge in [-0.2, -0.15) is 0 Å². The standard InChI is InChI=1S/C17H22BrN3O3/c18-13-3-4-14-15(8-13)24-11-17(23)21(14)10-16(22)20-7-5-12-2-1-6-19-9-12/h3-4,8,12,19H,1-2,5-7,9-11H2,(H,20,22). The number of amides is 2. The number of carbonyl (C=O) groups is 2. The van der Waals surface area contributed by atoms with Crippen LogP contribution >= 0.6 is 15.9 Å². The molecule has 0 bridgehead atoms. The van der Waals surface area contributed by atoms with E-state index >= 15 is 0 Å². The minimum Gasteiger partial charge on any atom is -0.482 e. The molecule has 0 spiro atoms. The van der Waals surface area contributed by atoms with Crippen LogP contribution in [0, 0.1) is 5.92 Å². The molecule has 1 aromatic rings. The van der Waals surface area contributed by atoms with Crippen molar-refractivity contribution in [2.75, 3.05) is 37.7 Å². The summed E-state index contributed by atoms with van der Waals surface area (Å²) in [5.41, 5.74) is 0.640. The molecule has 7 heteroatoms. The average Bonchev–Trinajstić information content (AvgIpc) is 2.58. The predicted molar refractivity (Wildman–Crippen MR) is 95.2 cm³/mol. The maximum atomic E-state index is 12.2. The van der Waals surface area contributed by atoms with Gasteiger partial charge in [-0.1, -0.05) is 15.9 Å². The van der Waals surface area contributed by atoms with Crippen LogP contribution in [0.25, 0.3) is 0 Å². The normalized spacial score (nSPS) is 20.3. The highest BCUT2D eigenvalue weighted by atomic mass is 79.9. The van der Waals surface area contributed by atoms with E-state index in [1.54, 1.807) is 6.07 Å². The molecule has 2 aliphatic rings. The monoisotopic (exact) mass is 395 g/mol. The van der Waals surface area contributed by atoms with Crippen LogP contribution in [0.4, 0.5) is 5.69 Å². The summed E-state index contributed by atoms with van der Waals surface area (Å²) >= 11 is 3.38. The Morgan fingerprint density at radius 3 is 3.12 bits per heavy atom. The number of fused-ring (bicyclic) bond motifs is 1. The molecule has 2 aliphatic heterocycles. The molecule has 2 N–H and O–H groups in total. The van der Waals surface area contributed by atoms with E-state index in [1.807, 2.05) is 12.1 Å². The molecule has 3 rings (SSSR count). The van der Waals surface area contributed by atoms with Crippen molar-refractivity contribution in [3.05, 3.63) is 22.7 Å². The summed E-state index contributed by atoms with van der Waals surface area (Å²) < 4.78 is 6.30. The molecule has 130 valence electrons. The Labute approximate surface area is 150 Å². The fraction of sp³-hybridized carbons (Fsp3) is 0.529. The molecular formula is C17H22BrN3O3. The van der Waals surface area contributed by atoms with Crippen molar-refractivity contribution < 1.29 is 14.3 Å². The van der Waals surface area contributed by atoms with Gasteiger partial charge in [-0.05, 0) is 56.5 Å². The smallest absolute Gasteiger partial charge is 0.265 e. The molecule has 0 saturated carbocycles. The highest BCUT2D eigenvalue weighted by Crippen LogP contribution is 2.34. The average molecular weight is 396 g/mol. The summed E-state index contributed by atoms with van der Waals surface area (Å²) in [7, 11) is 0. The Morgan fingerprint density at radius 1 is 1.46 bits per heavy atom. The van der Waals surface area contributed by atoms with Crippen LogP contribution < -0.4 is 20.3 Å². The first-order chi connectivity index (χ1) is 11.6. The molecule has 0 aliphatic carbocycles. The highest BCUT2D eigenvalue weighted by molar-refractivity contribution is 9.10. The lowest BCUT2D eigenvalue weighted by atomic mass is 9.96. The van der Waals surface area contributed by atoms with Gasteiger partial charge in [0.15, 0.2) is 6.61 Å². The van der Waals surface area contributed by atoms with Crippen LogP contribution in [0.2, 0.25) is 0 Å². The molecular weight excluding hydrogens is 374 g/mol. The van der Waals surface area contributed by atoms with Crippen LogP contribution in [-0.4, -0.2) is 44.6 Å². The summed E-state index contributed by atoms with van der Waals surface area (Å²) in [6.07, 6.45) is 3.39. The number of nitrogens with one attached hydrogen (secondary N) is 2. The van der Waals surface area contributed by atoms with Crippen molar-refractivity contribution in [2.45, 2.75) is 19.3 Å². The molecule has 0 aromatic heterocycles. The van der Waals surface area contributed by atoms with Crippen molar-refractivity contribution in [2.24, 2.45) is 5.92 Å². The molecule has 1 unspecified atom stereocenters. The number of benzene rings is 1.